The average Bonchev–Trinajstić information content (AvgIpc) is 2.55. The topological polar surface area (TPSA) is 61.8 Å². The molecular formula is C18H22O5. The molecule has 0 heterocycles. The van der Waals surface area contributed by atoms with E-state index < -0.39 is 5.97 Å². The quantitative estimate of drug-likeness (QED) is 0.398. The van der Waals surface area contributed by atoms with Crippen molar-refractivity contribution in [3.8, 4) is 5.75 Å². The number of benzene rings is 1. The number of ether oxygens (including phenoxy) is 3. The Kier molecular flexibility index (Phi) is 8.21. The number of hydrogen-bond donors (Lipinski definition) is 0. The summed E-state index contributed by atoms with van der Waals surface area (Å²) in [5.74, 6) is -0.127. The standard InChI is InChI=1S/C18H22O5/c1-4-11-22-17(19)10-7-15-5-8-16(9-6-15)21-12-13-23-18(20)14(2)3/h5-10H,2,4,11-13H2,1,3H3. The van der Waals surface area contributed by atoms with Crippen LogP contribution in [-0.2, 0) is 19.1 Å². The van der Waals surface area contributed by atoms with Crippen molar-refractivity contribution in [3.05, 3.63) is 48.1 Å². The van der Waals surface area contributed by atoms with Crippen molar-refractivity contribution in [2.24, 2.45) is 0 Å². The Bertz CT molecular complexity index is 557. The highest BCUT2D eigenvalue weighted by molar-refractivity contribution is 5.87. The van der Waals surface area contributed by atoms with E-state index in [2.05, 4.69) is 6.58 Å². The number of carbonyl (C=O) groups excluding carboxylic acids is 2. The van der Waals surface area contributed by atoms with E-state index in [4.69, 9.17) is 14.2 Å². The van der Waals surface area contributed by atoms with Crippen LogP contribution in [0.5, 0.6) is 5.75 Å². The lowest BCUT2D eigenvalue weighted by Gasteiger charge is -2.07. The Morgan fingerprint density at radius 3 is 2.39 bits per heavy atom. The molecule has 0 fully saturated rings. The fourth-order valence-electron chi connectivity index (χ4n) is 1.51. The van der Waals surface area contributed by atoms with Gasteiger partial charge in [0.25, 0.3) is 0 Å². The van der Waals surface area contributed by atoms with Gasteiger partial charge in [-0.2, -0.15) is 0 Å². The molecule has 0 saturated heterocycles. The molecule has 0 bridgehead atoms. The maximum absolute atomic E-state index is 11.3. The third-order valence-corrected chi connectivity index (χ3v) is 2.67. The molecule has 0 radical (unpaired) electrons. The predicted molar refractivity (Wildman–Crippen MR) is 88.0 cm³/mol. The van der Waals surface area contributed by atoms with Gasteiger partial charge in [0.15, 0.2) is 0 Å². The van der Waals surface area contributed by atoms with E-state index in [0.717, 1.165) is 12.0 Å². The molecule has 0 aliphatic carbocycles. The second kappa shape index (κ2) is 10.2. The largest absolute Gasteiger partial charge is 0.490 e. The molecule has 5 heteroatoms. The summed E-state index contributed by atoms with van der Waals surface area (Å²) < 4.78 is 15.3. The zero-order chi connectivity index (χ0) is 17.1. The smallest absolute Gasteiger partial charge is 0.333 e. The van der Waals surface area contributed by atoms with Crippen LogP contribution >= 0.6 is 0 Å². The first kappa shape index (κ1) is 18.5. The molecule has 23 heavy (non-hydrogen) atoms. The van der Waals surface area contributed by atoms with Gasteiger partial charge in [0.2, 0.25) is 0 Å². The second-order valence-corrected chi connectivity index (χ2v) is 4.83. The van der Waals surface area contributed by atoms with Crippen LogP contribution in [0, 0.1) is 0 Å². The minimum atomic E-state index is -0.427. The van der Waals surface area contributed by atoms with Crippen molar-refractivity contribution in [2.75, 3.05) is 19.8 Å². The number of carbonyl (C=O) groups is 2. The van der Waals surface area contributed by atoms with Crippen LogP contribution in [0.2, 0.25) is 0 Å². The zero-order valence-electron chi connectivity index (χ0n) is 13.5. The summed E-state index contributed by atoms with van der Waals surface area (Å²) in [7, 11) is 0. The molecule has 1 aromatic rings. The van der Waals surface area contributed by atoms with Gasteiger partial charge in [-0.05, 0) is 37.1 Å². The molecule has 0 saturated carbocycles. The Morgan fingerprint density at radius 2 is 1.78 bits per heavy atom. The first-order valence-electron chi connectivity index (χ1n) is 7.43. The van der Waals surface area contributed by atoms with Crippen molar-refractivity contribution in [2.45, 2.75) is 20.3 Å². The van der Waals surface area contributed by atoms with Crippen molar-refractivity contribution in [3.63, 3.8) is 0 Å². The van der Waals surface area contributed by atoms with Crippen LogP contribution in [0.25, 0.3) is 6.08 Å². The zero-order valence-corrected chi connectivity index (χ0v) is 13.5. The minimum Gasteiger partial charge on any atom is -0.490 e. The van der Waals surface area contributed by atoms with E-state index in [1.807, 2.05) is 19.1 Å². The van der Waals surface area contributed by atoms with Crippen LogP contribution in [0.4, 0.5) is 0 Å². The third kappa shape index (κ3) is 7.85. The normalized spacial score (nSPS) is 10.3. The van der Waals surface area contributed by atoms with Crippen molar-refractivity contribution in [1.82, 2.24) is 0 Å². The van der Waals surface area contributed by atoms with E-state index in [1.54, 1.807) is 25.1 Å². The maximum atomic E-state index is 11.3. The molecular weight excluding hydrogens is 296 g/mol. The van der Waals surface area contributed by atoms with Gasteiger partial charge in [0, 0.05) is 11.6 Å². The fraction of sp³-hybridized carbons (Fsp3) is 0.333. The molecule has 5 nitrogen and oxygen atoms in total. The molecule has 0 aliphatic rings. The Morgan fingerprint density at radius 1 is 1.09 bits per heavy atom. The van der Waals surface area contributed by atoms with Crippen LogP contribution < -0.4 is 4.74 Å². The van der Waals surface area contributed by atoms with Crippen LogP contribution in [0.3, 0.4) is 0 Å². The summed E-state index contributed by atoms with van der Waals surface area (Å²) in [6.45, 7) is 7.87. The first-order valence-corrected chi connectivity index (χ1v) is 7.43. The average molecular weight is 318 g/mol. The first-order chi connectivity index (χ1) is 11.0. The van der Waals surface area contributed by atoms with Crippen LogP contribution in [0.15, 0.2) is 42.5 Å². The Labute approximate surface area is 136 Å². The van der Waals surface area contributed by atoms with E-state index in [-0.39, 0.29) is 19.2 Å². The molecule has 0 aromatic heterocycles. The van der Waals surface area contributed by atoms with Gasteiger partial charge in [0.1, 0.15) is 19.0 Å². The molecule has 0 amide bonds. The molecule has 1 rings (SSSR count). The number of esters is 2. The Balaban J connectivity index is 2.36. The summed E-state index contributed by atoms with van der Waals surface area (Å²) in [5, 5.41) is 0. The Hall–Kier alpha value is -2.56. The monoisotopic (exact) mass is 318 g/mol. The fourth-order valence-corrected chi connectivity index (χ4v) is 1.51. The van der Waals surface area contributed by atoms with Gasteiger partial charge in [-0.25, -0.2) is 9.59 Å². The van der Waals surface area contributed by atoms with Gasteiger partial charge in [-0.3, -0.25) is 0 Å². The van der Waals surface area contributed by atoms with Crippen molar-refractivity contribution >= 4 is 18.0 Å². The maximum Gasteiger partial charge on any atom is 0.333 e. The highest BCUT2D eigenvalue weighted by atomic mass is 16.6. The molecule has 0 unspecified atom stereocenters. The molecule has 0 spiro atoms. The molecule has 0 atom stereocenters. The number of hydrogen-bond acceptors (Lipinski definition) is 5. The second-order valence-electron chi connectivity index (χ2n) is 4.83. The van der Waals surface area contributed by atoms with Crippen LogP contribution in [0.1, 0.15) is 25.8 Å². The van der Waals surface area contributed by atoms with E-state index in [0.29, 0.717) is 17.9 Å². The van der Waals surface area contributed by atoms with Gasteiger partial charge >= 0.3 is 11.9 Å². The molecule has 1 aromatic carbocycles. The lowest BCUT2D eigenvalue weighted by atomic mass is 10.2. The van der Waals surface area contributed by atoms with E-state index >= 15 is 0 Å². The van der Waals surface area contributed by atoms with Crippen molar-refractivity contribution < 1.29 is 23.8 Å². The van der Waals surface area contributed by atoms with Gasteiger partial charge < -0.3 is 14.2 Å². The van der Waals surface area contributed by atoms with E-state index in [9.17, 15) is 9.59 Å². The molecule has 0 aliphatic heterocycles. The lowest BCUT2D eigenvalue weighted by Crippen LogP contribution is -2.12. The summed E-state index contributed by atoms with van der Waals surface area (Å²) in [6.07, 6.45) is 3.87. The van der Waals surface area contributed by atoms with Crippen LogP contribution in [-0.4, -0.2) is 31.8 Å². The summed E-state index contributed by atoms with van der Waals surface area (Å²) >= 11 is 0. The SMILES string of the molecule is C=C(C)C(=O)OCCOc1ccc(C=CC(=O)OCCC)cc1. The van der Waals surface area contributed by atoms with E-state index in [1.165, 1.54) is 6.08 Å². The summed E-state index contributed by atoms with van der Waals surface area (Å²) in [5.41, 5.74) is 1.22. The summed E-state index contributed by atoms with van der Waals surface area (Å²) in [4.78, 5) is 22.5. The van der Waals surface area contributed by atoms with Gasteiger partial charge in [-0.1, -0.05) is 25.6 Å². The minimum absolute atomic E-state index is 0.163. The number of rotatable bonds is 9. The lowest BCUT2D eigenvalue weighted by molar-refractivity contribution is -0.140. The van der Waals surface area contributed by atoms with Crippen molar-refractivity contribution in [1.29, 1.82) is 0 Å². The summed E-state index contributed by atoms with van der Waals surface area (Å²) in [6, 6.07) is 7.19. The molecule has 0 N–H and O–H groups in total. The molecule has 124 valence electrons. The highest BCUT2D eigenvalue weighted by Gasteiger charge is 2.02. The third-order valence-electron chi connectivity index (χ3n) is 2.67. The highest BCUT2D eigenvalue weighted by Crippen LogP contribution is 2.13. The predicted octanol–water partition coefficient (Wildman–Crippen LogP) is 3.15. The van der Waals surface area contributed by atoms with Gasteiger partial charge in [0.05, 0.1) is 6.61 Å². The van der Waals surface area contributed by atoms with Gasteiger partial charge in [-0.15, -0.1) is 0 Å².